The first-order valence-electron chi connectivity index (χ1n) is 8.57. The standard InChI is InChI=1S/C20H21BrN4O2/c1-13-4-9-17(14(2)12-13)25-19(15-5-7-16(21)8-6-15)23-18(24-25)20(26)22-10-11-27-3/h4-9,12H,10-11H2,1-3H3,(H,22,26). The van der Waals surface area contributed by atoms with Gasteiger partial charge in [-0.2, -0.15) is 0 Å². The van der Waals surface area contributed by atoms with Crippen LogP contribution in [0.3, 0.4) is 0 Å². The van der Waals surface area contributed by atoms with E-state index in [4.69, 9.17) is 4.74 Å². The fourth-order valence-corrected chi connectivity index (χ4v) is 3.02. The van der Waals surface area contributed by atoms with Gasteiger partial charge in [0.15, 0.2) is 5.82 Å². The van der Waals surface area contributed by atoms with Gasteiger partial charge in [0, 0.05) is 23.7 Å². The van der Waals surface area contributed by atoms with Crippen LogP contribution in [0.15, 0.2) is 46.9 Å². The van der Waals surface area contributed by atoms with Crippen LogP contribution in [0.4, 0.5) is 0 Å². The first-order chi connectivity index (χ1) is 13.0. The van der Waals surface area contributed by atoms with Crippen LogP contribution in [0.1, 0.15) is 21.7 Å². The Morgan fingerprint density at radius 1 is 1.19 bits per heavy atom. The van der Waals surface area contributed by atoms with E-state index in [0.29, 0.717) is 19.0 Å². The number of rotatable bonds is 6. The average Bonchev–Trinajstić information content (AvgIpc) is 3.07. The highest BCUT2D eigenvalue weighted by molar-refractivity contribution is 9.10. The lowest BCUT2D eigenvalue weighted by Gasteiger charge is -2.10. The monoisotopic (exact) mass is 428 g/mol. The van der Waals surface area contributed by atoms with Crippen LogP contribution in [0.2, 0.25) is 0 Å². The lowest BCUT2D eigenvalue weighted by atomic mass is 10.1. The van der Waals surface area contributed by atoms with Crippen LogP contribution in [0.5, 0.6) is 0 Å². The third-order valence-electron chi connectivity index (χ3n) is 4.08. The predicted molar refractivity (Wildman–Crippen MR) is 108 cm³/mol. The number of carbonyl (C=O) groups is 1. The van der Waals surface area contributed by atoms with E-state index >= 15 is 0 Å². The maximum atomic E-state index is 12.4. The zero-order valence-corrected chi connectivity index (χ0v) is 17.1. The molecule has 1 N–H and O–H groups in total. The summed E-state index contributed by atoms with van der Waals surface area (Å²) in [7, 11) is 1.59. The summed E-state index contributed by atoms with van der Waals surface area (Å²) in [4.78, 5) is 16.9. The summed E-state index contributed by atoms with van der Waals surface area (Å²) in [5.41, 5.74) is 3.99. The Bertz CT molecular complexity index is 951. The minimum Gasteiger partial charge on any atom is -0.383 e. The van der Waals surface area contributed by atoms with Gasteiger partial charge >= 0.3 is 0 Å². The van der Waals surface area contributed by atoms with Crippen LogP contribution < -0.4 is 5.32 Å². The van der Waals surface area contributed by atoms with Gasteiger partial charge in [-0.3, -0.25) is 4.79 Å². The molecule has 0 spiro atoms. The SMILES string of the molecule is COCCNC(=O)c1nc(-c2ccc(Br)cc2)n(-c2ccc(C)cc2C)n1. The van der Waals surface area contributed by atoms with E-state index in [2.05, 4.69) is 37.4 Å². The molecule has 0 atom stereocenters. The van der Waals surface area contributed by atoms with E-state index in [1.165, 1.54) is 5.56 Å². The second-order valence-electron chi connectivity index (χ2n) is 6.22. The van der Waals surface area contributed by atoms with Crippen molar-refractivity contribution in [2.24, 2.45) is 0 Å². The molecule has 1 amide bonds. The van der Waals surface area contributed by atoms with Crippen LogP contribution in [0, 0.1) is 13.8 Å². The molecule has 0 unspecified atom stereocenters. The van der Waals surface area contributed by atoms with Crippen LogP contribution in [0.25, 0.3) is 17.1 Å². The lowest BCUT2D eigenvalue weighted by molar-refractivity contribution is 0.0927. The molecule has 0 radical (unpaired) electrons. The maximum Gasteiger partial charge on any atom is 0.291 e. The zero-order valence-electron chi connectivity index (χ0n) is 15.5. The summed E-state index contributed by atoms with van der Waals surface area (Å²) in [6, 6.07) is 13.9. The van der Waals surface area contributed by atoms with Crippen molar-refractivity contribution in [1.82, 2.24) is 20.1 Å². The van der Waals surface area contributed by atoms with Crippen molar-refractivity contribution >= 4 is 21.8 Å². The molecule has 7 heteroatoms. The van der Waals surface area contributed by atoms with Gasteiger partial charge in [-0.05, 0) is 37.6 Å². The summed E-state index contributed by atoms with van der Waals surface area (Å²) < 4.78 is 7.67. The van der Waals surface area contributed by atoms with Crippen LogP contribution in [-0.2, 0) is 4.74 Å². The molecule has 0 aliphatic heterocycles. The number of halogens is 1. The molecule has 140 valence electrons. The highest BCUT2D eigenvalue weighted by Gasteiger charge is 2.19. The number of benzene rings is 2. The molecule has 0 saturated carbocycles. The highest BCUT2D eigenvalue weighted by atomic mass is 79.9. The number of carbonyl (C=O) groups excluding carboxylic acids is 1. The third kappa shape index (κ3) is 4.43. The van der Waals surface area contributed by atoms with Crippen molar-refractivity contribution < 1.29 is 9.53 Å². The molecule has 6 nitrogen and oxygen atoms in total. The summed E-state index contributed by atoms with van der Waals surface area (Å²) in [5, 5.41) is 7.26. The molecule has 3 aromatic rings. The van der Waals surface area contributed by atoms with Crippen molar-refractivity contribution in [3.8, 4) is 17.1 Å². The van der Waals surface area contributed by atoms with E-state index in [-0.39, 0.29) is 11.7 Å². The minimum absolute atomic E-state index is 0.129. The number of nitrogens with zero attached hydrogens (tertiary/aromatic N) is 3. The van der Waals surface area contributed by atoms with Gasteiger partial charge in [0.2, 0.25) is 5.82 Å². The number of methoxy groups -OCH3 is 1. The van der Waals surface area contributed by atoms with E-state index in [1.54, 1.807) is 11.8 Å². The van der Waals surface area contributed by atoms with Gasteiger partial charge < -0.3 is 10.1 Å². The Hall–Kier alpha value is -2.51. The maximum absolute atomic E-state index is 12.4. The Kier molecular flexibility index (Phi) is 6.03. The van der Waals surface area contributed by atoms with Gasteiger partial charge in [-0.1, -0.05) is 45.8 Å². The Balaban J connectivity index is 2.06. The number of hydrogen-bond acceptors (Lipinski definition) is 4. The van der Waals surface area contributed by atoms with Crippen molar-refractivity contribution in [3.05, 3.63) is 63.9 Å². The highest BCUT2D eigenvalue weighted by Crippen LogP contribution is 2.25. The molecule has 0 aliphatic rings. The molecular formula is C20H21BrN4O2. The molecule has 27 heavy (non-hydrogen) atoms. The van der Waals surface area contributed by atoms with Crippen molar-refractivity contribution in [2.75, 3.05) is 20.3 Å². The van der Waals surface area contributed by atoms with E-state index < -0.39 is 0 Å². The normalized spacial score (nSPS) is 10.8. The summed E-state index contributed by atoms with van der Waals surface area (Å²) in [6.45, 7) is 4.90. The first kappa shape index (κ1) is 19.3. The fourth-order valence-electron chi connectivity index (χ4n) is 2.75. The molecular weight excluding hydrogens is 408 g/mol. The number of amides is 1. The molecule has 0 bridgehead atoms. The Labute approximate surface area is 166 Å². The Morgan fingerprint density at radius 3 is 2.59 bits per heavy atom. The van der Waals surface area contributed by atoms with Gasteiger partial charge in [-0.15, -0.1) is 5.10 Å². The zero-order chi connectivity index (χ0) is 19.4. The Morgan fingerprint density at radius 2 is 1.93 bits per heavy atom. The second kappa shape index (κ2) is 8.45. The lowest BCUT2D eigenvalue weighted by Crippen LogP contribution is -2.28. The van der Waals surface area contributed by atoms with Crippen molar-refractivity contribution in [3.63, 3.8) is 0 Å². The van der Waals surface area contributed by atoms with Gasteiger partial charge in [0.25, 0.3) is 5.91 Å². The number of hydrogen-bond donors (Lipinski definition) is 1. The second-order valence-corrected chi connectivity index (χ2v) is 7.13. The molecule has 1 heterocycles. The topological polar surface area (TPSA) is 69.0 Å². The molecule has 3 rings (SSSR count). The molecule has 2 aromatic carbocycles. The summed E-state index contributed by atoms with van der Waals surface area (Å²) in [6.07, 6.45) is 0. The summed E-state index contributed by atoms with van der Waals surface area (Å²) >= 11 is 3.45. The number of ether oxygens (including phenoxy) is 1. The average molecular weight is 429 g/mol. The van der Waals surface area contributed by atoms with Gasteiger partial charge in [-0.25, -0.2) is 9.67 Å². The quantitative estimate of drug-likeness (QED) is 0.607. The van der Waals surface area contributed by atoms with Crippen LogP contribution in [-0.4, -0.2) is 40.9 Å². The predicted octanol–water partition coefficient (Wildman–Crippen LogP) is 3.69. The fraction of sp³-hybridized carbons (Fsp3) is 0.250. The molecule has 0 saturated heterocycles. The van der Waals surface area contributed by atoms with Crippen molar-refractivity contribution in [1.29, 1.82) is 0 Å². The van der Waals surface area contributed by atoms with Crippen LogP contribution >= 0.6 is 15.9 Å². The number of aryl methyl sites for hydroxylation is 2. The largest absolute Gasteiger partial charge is 0.383 e. The minimum atomic E-state index is -0.325. The van der Waals surface area contributed by atoms with Gasteiger partial charge in [0.1, 0.15) is 0 Å². The summed E-state index contributed by atoms with van der Waals surface area (Å²) in [5.74, 6) is 0.421. The van der Waals surface area contributed by atoms with Crippen molar-refractivity contribution in [2.45, 2.75) is 13.8 Å². The van der Waals surface area contributed by atoms with Gasteiger partial charge in [0.05, 0.1) is 12.3 Å². The molecule has 1 aromatic heterocycles. The van der Waals surface area contributed by atoms with E-state index in [1.807, 2.05) is 50.2 Å². The third-order valence-corrected chi connectivity index (χ3v) is 4.61. The molecule has 0 aliphatic carbocycles. The van der Waals surface area contributed by atoms with E-state index in [9.17, 15) is 4.79 Å². The van der Waals surface area contributed by atoms with E-state index in [0.717, 1.165) is 21.3 Å². The first-order valence-corrected chi connectivity index (χ1v) is 9.36. The smallest absolute Gasteiger partial charge is 0.291 e. The number of aromatic nitrogens is 3. The molecule has 0 fully saturated rings. The number of nitrogens with one attached hydrogen (secondary N) is 1.